The van der Waals surface area contributed by atoms with Crippen LogP contribution < -0.4 is 15.1 Å². The molecular formula is C30H40N6O3S. The third-order valence-electron chi connectivity index (χ3n) is 8.29. The van der Waals surface area contributed by atoms with Crippen molar-refractivity contribution in [3.63, 3.8) is 0 Å². The van der Waals surface area contributed by atoms with Crippen LogP contribution in [-0.2, 0) is 14.3 Å². The van der Waals surface area contributed by atoms with Gasteiger partial charge in [-0.05, 0) is 30.7 Å². The van der Waals surface area contributed by atoms with Gasteiger partial charge in [-0.25, -0.2) is 4.98 Å². The zero-order valence-electron chi connectivity index (χ0n) is 23.4. The molecule has 0 aliphatic carbocycles. The Kier molecular flexibility index (Phi) is 8.77. The number of carbonyl (C=O) groups is 1. The van der Waals surface area contributed by atoms with Crippen molar-refractivity contribution in [2.45, 2.75) is 32.2 Å². The molecule has 3 fully saturated rings. The van der Waals surface area contributed by atoms with Gasteiger partial charge < -0.3 is 24.6 Å². The van der Waals surface area contributed by atoms with Crippen molar-refractivity contribution in [2.75, 3.05) is 82.0 Å². The minimum absolute atomic E-state index is 0.0163. The van der Waals surface area contributed by atoms with Crippen LogP contribution in [0, 0.1) is 5.92 Å². The number of hydrogen-bond acceptors (Lipinski definition) is 9. The highest BCUT2D eigenvalue weighted by Crippen LogP contribution is 2.40. The predicted octanol–water partition coefficient (Wildman–Crippen LogP) is 3.64. The van der Waals surface area contributed by atoms with Gasteiger partial charge in [0.25, 0.3) is 0 Å². The minimum atomic E-state index is 0.0163. The molecule has 1 amide bonds. The first-order valence-electron chi connectivity index (χ1n) is 14.6. The molecule has 0 saturated carbocycles. The number of fused-ring (bicyclic) bond motifs is 1. The van der Waals surface area contributed by atoms with E-state index >= 15 is 0 Å². The molecule has 1 aromatic carbocycles. The Bertz CT molecular complexity index is 1270. The number of morpholine rings is 1. The van der Waals surface area contributed by atoms with E-state index in [2.05, 4.69) is 55.7 Å². The monoisotopic (exact) mass is 564 g/mol. The normalized spacial score (nSPS) is 20.9. The van der Waals surface area contributed by atoms with Gasteiger partial charge in [0.1, 0.15) is 10.6 Å². The van der Waals surface area contributed by atoms with Crippen molar-refractivity contribution in [1.29, 1.82) is 0 Å². The van der Waals surface area contributed by atoms with Gasteiger partial charge in [-0.3, -0.25) is 9.69 Å². The van der Waals surface area contributed by atoms with Crippen molar-refractivity contribution in [1.82, 2.24) is 20.2 Å². The molecule has 0 spiro atoms. The highest BCUT2D eigenvalue weighted by atomic mass is 32.1. The number of nitrogens with one attached hydrogen (secondary N) is 1. The fraction of sp³-hybridized carbons (Fsp3) is 0.567. The highest BCUT2D eigenvalue weighted by molar-refractivity contribution is 7.17. The van der Waals surface area contributed by atoms with Gasteiger partial charge in [-0.15, -0.1) is 11.3 Å². The van der Waals surface area contributed by atoms with Crippen molar-refractivity contribution < 1.29 is 14.3 Å². The molecule has 5 heterocycles. The molecule has 2 aromatic heterocycles. The van der Waals surface area contributed by atoms with Crippen LogP contribution in [0.3, 0.4) is 0 Å². The number of carbonyl (C=O) groups excluding carboxylic acids is 1. The van der Waals surface area contributed by atoms with Crippen LogP contribution in [0.25, 0.3) is 21.3 Å². The van der Waals surface area contributed by atoms with Gasteiger partial charge in [0.2, 0.25) is 11.9 Å². The fourth-order valence-electron chi connectivity index (χ4n) is 6.04. The molecule has 3 aliphatic heterocycles. The van der Waals surface area contributed by atoms with Gasteiger partial charge in [-0.1, -0.05) is 30.3 Å². The summed E-state index contributed by atoms with van der Waals surface area (Å²) in [4.78, 5) is 30.0. The number of rotatable bonds is 9. The summed E-state index contributed by atoms with van der Waals surface area (Å²) in [6.45, 7) is 11.4. The summed E-state index contributed by atoms with van der Waals surface area (Å²) >= 11 is 1.69. The van der Waals surface area contributed by atoms with Crippen molar-refractivity contribution in [2.24, 2.45) is 5.92 Å². The Labute approximate surface area is 240 Å². The maximum atomic E-state index is 11.6. The standard InChI is InChI=1S/C30H40N6O3S/c1-22(37)31-25-9-12-36(19-25)30-32-28(27-26(21-40-29(27)33-30)24-5-3-2-4-6-24)35-10-7-23(8-11-35)20-39-18-15-34-13-16-38-17-14-34/h2-6,21,23,25H,7-20H2,1H3,(H,31,37). The van der Waals surface area contributed by atoms with E-state index in [1.54, 1.807) is 18.3 Å². The zero-order chi connectivity index (χ0) is 27.3. The lowest BCUT2D eigenvalue weighted by Crippen LogP contribution is -2.39. The second kappa shape index (κ2) is 12.8. The molecule has 9 nitrogen and oxygen atoms in total. The second-order valence-electron chi connectivity index (χ2n) is 11.1. The first-order valence-corrected chi connectivity index (χ1v) is 15.5. The SMILES string of the molecule is CC(=O)NC1CCN(c2nc(N3CCC(COCCN4CCOCC4)CC3)c3c(-c4ccccc4)csc3n2)C1. The Balaban J connectivity index is 1.17. The molecule has 10 heteroatoms. The van der Waals surface area contributed by atoms with Crippen LogP contribution in [0.15, 0.2) is 35.7 Å². The van der Waals surface area contributed by atoms with Gasteiger partial charge in [-0.2, -0.15) is 4.98 Å². The minimum Gasteiger partial charge on any atom is -0.380 e. The molecule has 40 heavy (non-hydrogen) atoms. The number of ether oxygens (including phenoxy) is 2. The smallest absolute Gasteiger partial charge is 0.228 e. The van der Waals surface area contributed by atoms with Gasteiger partial charge in [0.15, 0.2) is 0 Å². The topological polar surface area (TPSA) is 83.1 Å². The summed E-state index contributed by atoms with van der Waals surface area (Å²) < 4.78 is 11.6. The molecule has 1 N–H and O–H groups in total. The highest BCUT2D eigenvalue weighted by Gasteiger charge is 2.29. The van der Waals surface area contributed by atoms with Crippen LogP contribution in [0.2, 0.25) is 0 Å². The van der Waals surface area contributed by atoms with Crippen LogP contribution in [0.1, 0.15) is 26.2 Å². The van der Waals surface area contributed by atoms with Gasteiger partial charge in [0.05, 0.1) is 25.2 Å². The number of piperidine rings is 1. The number of amides is 1. The lowest BCUT2D eigenvalue weighted by atomic mass is 9.97. The summed E-state index contributed by atoms with van der Waals surface area (Å²) in [6.07, 6.45) is 3.10. The van der Waals surface area contributed by atoms with Gasteiger partial charge >= 0.3 is 0 Å². The number of hydrogen-bond donors (Lipinski definition) is 1. The van der Waals surface area contributed by atoms with E-state index in [-0.39, 0.29) is 11.9 Å². The zero-order valence-corrected chi connectivity index (χ0v) is 24.2. The number of nitrogens with zero attached hydrogens (tertiary/aromatic N) is 5. The molecule has 1 atom stereocenters. The van der Waals surface area contributed by atoms with E-state index < -0.39 is 0 Å². The quantitative estimate of drug-likeness (QED) is 0.395. The molecule has 1 unspecified atom stereocenters. The summed E-state index contributed by atoms with van der Waals surface area (Å²) in [5, 5.41) is 6.44. The second-order valence-corrected chi connectivity index (χ2v) is 12.0. The number of aromatic nitrogens is 2. The fourth-order valence-corrected chi connectivity index (χ4v) is 6.98. The van der Waals surface area contributed by atoms with Crippen LogP contribution in [0.5, 0.6) is 0 Å². The average molecular weight is 565 g/mol. The molecule has 6 rings (SSSR count). The number of thiophene rings is 1. The van der Waals surface area contributed by atoms with E-state index in [1.807, 2.05) is 0 Å². The van der Waals surface area contributed by atoms with E-state index in [0.717, 1.165) is 113 Å². The van der Waals surface area contributed by atoms with Crippen LogP contribution >= 0.6 is 11.3 Å². The van der Waals surface area contributed by atoms with E-state index in [0.29, 0.717) is 5.92 Å². The number of benzene rings is 1. The average Bonchev–Trinajstić information content (AvgIpc) is 3.63. The summed E-state index contributed by atoms with van der Waals surface area (Å²) in [5.41, 5.74) is 2.40. The molecule has 3 aromatic rings. The Morgan fingerprint density at radius 2 is 1.82 bits per heavy atom. The molecular weight excluding hydrogens is 524 g/mol. The van der Waals surface area contributed by atoms with E-state index in [4.69, 9.17) is 19.4 Å². The maximum Gasteiger partial charge on any atom is 0.228 e. The maximum absolute atomic E-state index is 11.6. The first kappa shape index (κ1) is 27.4. The van der Waals surface area contributed by atoms with Crippen LogP contribution in [-0.4, -0.2) is 99.1 Å². The van der Waals surface area contributed by atoms with Gasteiger partial charge in [0, 0.05) is 76.3 Å². The lowest BCUT2D eigenvalue weighted by Gasteiger charge is -2.34. The summed E-state index contributed by atoms with van der Waals surface area (Å²) in [7, 11) is 0. The Morgan fingerprint density at radius 3 is 2.60 bits per heavy atom. The first-order chi connectivity index (χ1) is 19.6. The van der Waals surface area contributed by atoms with Crippen molar-refractivity contribution >= 4 is 39.2 Å². The molecule has 3 aliphatic rings. The molecule has 0 radical (unpaired) electrons. The van der Waals surface area contributed by atoms with E-state index in [9.17, 15) is 4.79 Å². The predicted molar refractivity (Wildman–Crippen MR) is 160 cm³/mol. The van der Waals surface area contributed by atoms with Crippen molar-refractivity contribution in [3.05, 3.63) is 35.7 Å². The van der Waals surface area contributed by atoms with E-state index in [1.165, 1.54) is 11.1 Å². The van der Waals surface area contributed by atoms with Crippen LogP contribution in [0.4, 0.5) is 11.8 Å². The molecule has 0 bridgehead atoms. The third kappa shape index (κ3) is 6.40. The Hall–Kier alpha value is -2.79. The van der Waals surface area contributed by atoms with Crippen molar-refractivity contribution in [3.8, 4) is 11.1 Å². The molecule has 214 valence electrons. The largest absolute Gasteiger partial charge is 0.380 e. The third-order valence-corrected chi connectivity index (χ3v) is 9.16. The summed E-state index contributed by atoms with van der Waals surface area (Å²) in [5.74, 6) is 2.40. The Morgan fingerprint density at radius 1 is 1.05 bits per heavy atom. The number of anilines is 2. The lowest BCUT2D eigenvalue weighted by molar-refractivity contribution is -0.119. The summed E-state index contributed by atoms with van der Waals surface area (Å²) in [6, 6.07) is 10.7. The molecule has 3 saturated heterocycles.